The highest BCUT2D eigenvalue weighted by atomic mass is 15.2. The molecule has 2 aliphatic carbocycles. The van der Waals surface area contributed by atoms with Gasteiger partial charge in [-0.2, -0.15) is 0 Å². The number of anilines is 1. The highest BCUT2D eigenvalue weighted by molar-refractivity contribution is 5.44. The van der Waals surface area contributed by atoms with Crippen LogP contribution in [-0.2, 0) is 6.54 Å². The Morgan fingerprint density at radius 3 is 2.55 bits per heavy atom. The van der Waals surface area contributed by atoms with Crippen LogP contribution >= 0.6 is 0 Å². The Bertz CT molecular complexity index is 461. The molecule has 0 bridgehead atoms. The fourth-order valence-electron chi connectivity index (χ4n) is 2.68. The second kappa shape index (κ2) is 5.72. The zero-order valence-corrected chi connectivity index (χ0v) is 13.0. The second-order valence-corrected chi connectivity index (χ2v) is 6.76. The molecule has 20 heavy (non-hydrogen) atoms. The van der Waals surface area contributed by atoms with Crippen molar-refractivity contribution >= 4 is 5.82 Å². The highest BCUT2D eigenvalue weighted by Crippen LogP contribution is 2.29. The molecule has 0 unspecified atom stereocenters. The summed E-state index contributed by atoms with van der Waals surface area (Å²) in [7, 11) is 2.20. The highest BCUT2D eigenvalue weighted by Gasteiger charge is 2.24. The fraction of sp³-hybridized carbons (Fsp3) is 0.706. The molecule has 0 saturated heterocycles. The lowest BCUT2D eigenvalue weighted by Gasteiger charge is -2.36. The molecule has 2 saturated carbocycles. The Balaban J connectivity index is 1.78. The van der Waals surface area contributed by atoms with Crippen molar-refractivity contribution < 1.29 is 0 Å². The summed E-state index contributed by atoms with van der Waals surface area (Å²) in [5.74, 6) is 1.65. The molecule has 3 nitrogen and oxygen atoms in total. The van der Waals surface area contributed by atoms with Crippen LogP contribution < -0.4 is 10.2 Å². The van der Waals surface area contributed by atoms with Gasteiger partial charge in [-0.25, -0.2) is 4.98 Å². The molecule has 1 N–H and O–H groups in total. The van der Waals surface area contributed by atoms with Crippen LogP contribution in [0.3, 0.4) is 0 Å². The van der Waals surface area contributed by atoms with Gasteiger partial charge in [-0.05, 0) is 55.7 Å². The number of hydrogen-bond donors (Lipinski definition) is 1. The van der Waals surface area contributed by atoms with Gasteiger partial charge in [0.1, 0.15) is 5.82 Å². The van der Waals surface area contributed by atoms with Crippen molar-refractivity contribution in [2.75, 3.05) is 11.9 Å². The van der Waals surface area contributed by atoms with E-state index in [0.717, 1.165) is 18.4 Å². The third-order valence-corrected chi connectivity index (χ3v) is 4.64. The van der Waals surface area contributed by atoms with Gasteiger partial charge in [-0.3, -0.25) is 0 Å². The Kier molecular flexibility index (Phi) is 3.97. The van der Waals surface area contributed by atoms with Gasteiger partial charge >= 0.3 is 0 Å². The number of pyridine rings is 1. The quantitative estimate of drug-likeness (QED) is 0.860. The van der Waals surface area contributed by atoms with Crippen LogP contribution in [0.5, 0.6) is 0 Å². The van der Waals surface area contributed by atoms with Crippen LogP contribution in [0.15, 0.2) is 12.1 Å². The van der Waals surface area contributed by atoms with Crippen molar-refractivity contribution in [2.45, 2.75) is 70.5 Å². The number of rotatable bonds is 6. The maximum Gasteiger partial charge on any atom is 0.129 e. The molecule has 0 aromatic carbocycles. The van der Waals surface area contributed by atoms with E-state index in [0.29, 0.717) is 12.0 Å². The van der Waals surface area contributed by atoms with Crippen LogP contribution in [0.1, 0.15) is 63.1 Å². The third-order valence-electron chi connectivity index (χ3n) is 4.64. The van der Waals surface area contributed by atoms with Gasteiger partial charge in [0.15, 0.2) is 0 Å². The number of nitrogens with zero attached hydrogens (tertiary/aromatic N) is 2. The lowest BCUT2D eigenvalue weighted by atomic mass is 9.92. The van der Waals surface area contributed by atoms with E-state index in [2.05, 4.69) is 43.2 Å². The third kappa shape index (κ3) is 3.14. The van der Waals surface area contributed by atoms with Crippen LogP contribution in [0.25, 0.3) is 0 Å². The zero-order chi connectivity index (χ0) is 14.1. The molecule has 0 spiro atoms. The normalized spacial score (nSPS) is 19.2. The number of hydrogen-bond acceptors (Lipinski definition) is 3. The van der Waals surface area contributed by atoms with Crippen molar-refractivity contribution in [2.24, 2.45) is 0 Å². The van der Waals surface area contributed by atoms with E-state index in [4.69, 9.17) is 4.98 Å². The largest absolute Gasteiger partial charge is 0.357 e. The SMILES string of the molecule is CC(C)c1cc(CNC2CC2)cc(N(C)C2CCC2)n1. The molecule has 2 fully saturated rings. The van der Waals surface area contributed by atoms with Crippen molar-refractivity contribution in [3.63, 3.8) is 0 Å². The lowest BCUT2D eigenvalue weighted by molar-refractivity contribution is 0.399. The topological polar surface area (TPSA) is 28.2 Å². The molecular formula is C17H27N3. The molecule has 1 aromatic rings. The summed E-state index contributed by atoms with van der Waals surface area (Å²) in [5.41, 5.74) is 2.61. The molecule has 1 aromatic heterocycles. The van der Waals surface area contributed by atoms with Gasteiger partial charge in [0.2, 0.25) is 0 Å². The van der Waals surface area contributed by atoms with Crippen molar-refractivity contribution in [1.29, 1.82) is 0 Å². The standard InChI is InChI=1S/C17H27N3/c1-12(2)16-9-13(11-18-14-7-8-14)10-17(19-16)20(3)15-5-4-6-15/h9-10,12,14-15,18H,4-8,11H2,1-3H3. The van der Waals surface area contributed by atoms with Crippen molar-refractivity contribution in [1.82, 2.24) is 10.3 Å². The average molecular weight is 273 g/mol. The summed E-state index contributed by atoms with van der Waals surface area (Å²) in [4.78, 5) is 7.26. The van der Waals surface area contributed by atoms with Gasteiger partial charge in [0.25, 0.3) is 0 Å². The molecule has 2 aliphatic rings. The predicted octanol–water partition coefficient (Wildman–Crippen LogP) is 3.45. The van der Waals surface area contributed by atoms with E-state index in [1.807, 2.05) is 0 Å². The van der Waals surface area contributed by atoms with Crippen LogP contribution in [0.4, 0.5) is 5.82 Å². The fourth-order valence-corrected chi connectivity index (χ4v) is 2.68. The summed E-state index contributed by atoms with van der Waals surface area (Å²) in [6.45, 7) is 5.44. The van der Waals surface area contributed by atoms with Gasteiger partial charge in [-0.1, -0.05) is 13.8 Å². The van der Waals surface area contributed by atoms with Crippen LogP contribution in [0.2, 0.25) is 0 Å². The zero-order valence-electron chi connectivity index (χ0n) is 13.0. The molecule has 0 amide bonds. The Labute approximate surface area is 122 Å². The first-order valence-electron chi connectivity index (χ1n) is 8.10. The Morgan fingerprint density at radius 1 is 1.25 bits per heavy atom. The summed E-state index contributed by atoms with van der Waals surface area (Å²) in [5, 5.41) is 3.62. The van der Waals surface area contributed by atoms with Gasteiger partial charge in [0, 0.05) is 31.4 Å². The first kappa shape index (κ1) is 13.9. The number of nitrogens with one attached hydrogen (secondary N) is 1. The maximum absolute atomic E-state index is 4.88. The van der Waals surface area contributed by atoms with Crippen LogP contribution in [0, 0.1) is 0 Å². The van der Waals surface area contributed by atoms with E-state index >= 15 is 0 Å². The smallest absolute Gasteiger partial charge is 0.129 e. The summed E-state index contributed by atoms with van der Waals surface area (Å²) in [6.07, 6.45) is 6.70. The average Bonchev–Trinajstić information content (AvgIpc) is 3.17. The second-order valence-electron chi connectivity index (χ2n) is 6.76. The van der Waals surface area contributed by atoms with Crippen molar-refractivity contribution in [3.05, 3.63) is 23.4 Å². The van der Waals surface area contributed by atoms with E-state index in [1.54, 1.807) is 0 Å². The van der Waals surface area contributed by atoms with E-state index < -0.39 is 0 Å². The monoisotopic (exact) mass is 273 g/mol. The predicted molar refractivity (Wildman–Crippen MR) is 84.2 cm³/mol. The molecule has 110 valence electrons. The van der Waals surface area contributed by atoms with E-state index in [9.17, 15) is 0 Å². The van der Waals surface area contributed by atoms with E-state index in [-0.39, 0.29) is 0 Å². The number of aromatic nitrogens is 1. The minimum Gasteiger partial charge on any atom is -0.357 e. The molecular weight excluding hydrogens is 246 g/mol. The molecule has 0 aliphatic heterocycles. The van der Waals surface area contributed by atoms with Gasteiger partial charge < -0.3 is 10.2 Å². The molecule has 3 heteroatoms. The summed E-state index contributed by atoms with van der Waals surface area (Å²) >= 11 is 0. The maximum atomic E-state index is 4.88. The first-order valence-corrected chi connectivity index (χ1v) is 8.10. The molecule has 1 heterocycles. The van der Waals surface area contributed by atoms with Gasteiger partial charge in [0.05, 0.1) is 0 Å². The molecule has 3 rings (SSSR count). The lowest BCUT2D eigenvalue weighted by Crippen LogP contribution is -2.37. The van der Waals surface area contributed by atoms with Crippen molar-refractivity contribution in [3.8, 4) is 0 Å². The Hall–Kier alpha value is -1.09. The van der Waals surface area contributed by atoms with Crippen LogP contribution in [-0.4, -0.2) is 24.1 Å². The van der Waals surface area contributed by atoms with E-state index in [1.165, 1.54) is 43.4 Å². The molecule has 0 atom stereocenters. The summed E-state index contributed by atoms with van der Waals surface area (Å²) < 4.78 is 0. The first-order chi connectivity index (χ1) is 9.63. The summed E-state index contributed by atoms with van der Waals surface area (Å²) in [6, 6.07) is 6.02. The van der Waals surface area contributed by atoms with Gasteiger partial charge in [-0.15, -0.1) is 0 Å². The molecule has 0 radical (unpaired) electrons. The Morgan fingerprint density at radius 2 is 2.00 bits per heavy atom. The minimum atomic E-state index is 0.490. The minimum absolute atomic E-state index is 0.490.